The summed E-state index contributed by atoms with van der Waals surface area (Å²) in [6.07, 6.45) is 0. The molecule has 1 aromatic heterocycles. The zero-order valence-electron chi connectivity index (χ0n) is 10.3. The van der Waals surface area contributed by atoms with Gasteiger partial charge >= 0.3 is 0 Å². The molecule has 90 valence electrons. The second kappa shape index (κ2) is 5.10. The summed E-state index contributed by atoms with van der Waals surface area (Å²) in [5, 5.41) is 0. The number of nitrogens with zero attached hydrogens (tertiary/aromatic N) is 3. The maximum Gasteiger partial charge on any atom is 0.150 e. The summed E-state index contributed by atoms with van der Waals surface area (Å²) in [6, 6.07) is 7.93. The third kappa shape index (κ3) is 2.36. The van der Waals surface area contributed by atoms with Gasteiger partial charge in [-0.2, -0.15) is 0 Å². The molecule has 2 rings (SSSR count). The molecule has 0 spiro atoms. The van der Waals surface area contributed by atoms with Gasteiger partial charge in [0.2, 0.25) is 0 Å². The van der Waals surface area contributed by atoms with E-state index in [-0.39, 0.29) is 0 Å². The van der Waals surface area contributed by atoms with Crippen molar-refractivity contribution in [1.29, 1.82) is 0 Å². The Bertz CT molecular complexity index is 510. The zero-order chi connectivity index (χ0) is 12.3. The van der Waals surface area contributed by atoms with Crippen molar-refractivity contribution in [3.05, 3.63) is 30.0 Å². The minimum absolute atomic E-state index is 0.627. The highest BCUT2D eigenvalue weighted by Crippen LogP contribution is 2.19. The van der Waals surface area contributed by atoms with Gasteiger partial charge in [-0.05, 0) is 26.0 Å². The van der Waals surface area contributed by atoms with Gasteiger partial charge in [-0.15, -0.1) is 0 Å². The molecule has 17 heavy (non-hydrogen) atoms. The number of aryl methyl sites for hydroxylation is 1. The summed E-state index contributed by atoms with van der Waals surface area (Å²) >= 11 is 0. The second-order valence-corrected chi connectivity index (χ2v) is 3.99. The quantitative estimate of drug-likeness (QED) is 0.869. The van der Waals surface area contributed by atoms with Crippen LogP contribution in [0.5, 0.6) is 0 Å². The molecule has 0 amide bonds. The summed E-state index contributed by atoms with van der Waals surface area (Å²) in [6.45, 7) is 6.43. The van der Waals surface area contributed by atoms with Crippen LogP contribution in [0.2, 0.25) is 0 Å². The van der Waals surface area contributed by atoms with Gasteiger partial charge in [0.15, 0.2) is 5.82 Å². The van der Waals surface area contributed by atoms with E-state index in [1.807, 2.05) is 31.2 Å². The monoisotopic (exact) mass is 230 g/mol. The lowest BCUT2D eigenvalue weighted by molar-refractivity contribution is 0.796. The van der Waals surface area contributed by atoms with E-state index in [0.29, 0.717) is 6.54 Å². The zero-order valence-corrected chi connectivity index (χ0v) is 10.3. The number of para-hydroxylation sites is 2. The van der Waals surface area contributed by atoms with Gasteiger partial charge in [0.25, 0.3) is 0 Å². The Morgan fingerprint density at radius 2 is 1.82 bits per heavy atom. The van der Waals surface area contributed by atoms with E-state index in [0.717, 1.165) is 35.6 Å². The molecule has 0 aliphatic rings. The third-order valence-corrected chi connectivity index (χ3v) is 2.80. The normalized spacial score (nSPS) is 10.8. The summed E-state index contributed by atoms with van der Waals surface area (Å²) in [4.78, 5) is 11.4. The molecule has 0 bridgehead atoms. The van der Waals surface area contributed by atoms with Crippen LogP contribution in [0.1, 0.15) is 12.6 Å². The molecule has 0 radical (unpaired) electrons. The first-order valence-electron chi connectivity index (χ1n) is 5.94. The van der Waals surface area contributed by atoms with Crippen molar-refractivity contribution in [3.63, 3.8) is 0 Å². The number of fused-ring (bicyclic) bond motifs is 1. The Morgan fingerprint density at radius 3 is 2.41 bits per heavy atom. The van der Waals surface area contributed by atoms with Crippen LogP contribution in [0.15, 0.2) is 24.3 Å². The molecule has 0 aliphatic carbocycles. The van der Waals surface area contributed by atoms with Crippen LogP contribution in [0, 0.1) is 6.92 Å². The minimum Gasteiger partial charge on any atom is -0.354 e. The smallest absolute Gasteiger partial charge is 0.150 e. The number of anilines is 1. The maximum absolute atomic E-state index is 5.62. The fourth-order valence-corrected chi connectivity index (χ4v) is 1.95. The Balaban J connectivity index is 2.49. The molecule has 2 N–H and O–H groups in total. The fourth-order valence-electron chi connectivity index (χ4n) is 1.95. The minimum atomic E-state index is 0.627. The van der Waals surface area contributed by atoms with E-state index < -0.39 is 0 Å². The van der Waals surface area contributed by atoms with E-state index in [4.69, 9.17) is 5.73 Å². The molecule has 0 saturated carbocycles. The van der Waals surface area contributed by atoms with Crippen LogP contribution < -0.4 is 10.6 Å². The van der Waals surface area contributed by atoms with Crippen LogP contribution >= 0.6 is 0 Å². The van der Waals surface area contributed by atoms with E-state index in [9.17, 15) is 0 Å². The SMILES string of the molecule is CCN(CCN)c1nc2ccccc2nc1C. The van der Waals surface area contributed by atoms with Crippen molar-refractivity contribution in [2.45, 2.75) is 13.8 Å². The predicted molar refractivity (Wildman–Crippen MR) is 71.2 cm³/mol. The first-order chi connectivity index (χ1) is 8.26. The summed E-state index contributed by atoms with van der Waals surface area (Å²) in [7, 11) is 0. The summed E-state index contributed by atoms with van der Waals surface area (Å²) in [5.41, 5.74) is 8.45. The van der Waals surface area contributed by atoms with Crippen molar-refractivity contribution in [2.75, 3.05) is 24.5 Å². The molecule has 0 unspecified atom stereocenters. The molecule has 4 heteroatoms. The number of rotatable bonds is 4. The average molecular weight is 230 g/mol. The van der Waals surface area contributed by atoms with Gasteiger partial charge in [0.05, 0.1) is 16.7 Å². The Hall–Kier alpha value is -1.68. The number of nitrogens with two attached hydrogens (primary N) is 1. The molecule has 0 saturated heterocycles. The topological polar surface area (TPSA) is 55.0 Å². The molecular weight excluding hydrogens is 212 g/mol. The van der Waals surface area contributed by atoms with Crippen LogP contribution in [-0.4, -0.2) is 29.6 Å². The highest BCUT2D eigenvalue weighted by atomic mass is 15.2. The van der Waals surface area contributed by atoms with Gasteiger partial charge in [-0.25, -0.2) is 9.97 Å². The number of hydrogen-bond donors (Lipinski definition) is 1. The molecule has 0 fully saturated rings. The lowest BCUT2D eigenvalue weighted by Crippen LogP contribution is -2.30. The van der Waals surface area contributed by atoms with Gasteiger partial charge in [-0.3, -0.25) is 0 Å². The van der Waals surface area contributed by atoms with Gasteiger partial charge in [0, 0.05) is 19.6 Å². The van der Waals surface area contributed by atoms with Crippen LogP contribution in [0.3, 0.4) is 0 Å². The first-order valence-corrected chi connectivity index (χ1v) is 5.94. The van der Waals surface area contributed by atoms with Crippen molar-refractivity contribution >= 4 is 16.9 Å². The highest BCUT2D eigenvalue weighted by molar-refractivity contribution is 5.76. The highest BCUT2D eigenvalue weighted by Gasteiger charge is 2.10. The number of aromatic nitrogens is 2. The lowest BCUT2D eigenvalue weighted by atomic mass is 10.3. The number of benzene rings is 1. The molecule has 1 aromatic carbocycles. The van der Waals surface area contributed by atoms with E-state index in [1.165, 1.54) is 0 Å². The predicted octanol–water partition coefficient (Wildman–Crippen LogP) is 1.72. The van der Waals surface area contributed by atoms with Gasteiger partial charge in [0.1, 0.15) is 0 Å². The van der Waals surface area contributed by atoms with Gasteiger partial charge < -0.3 is 10.6 Å². The lowest BCUT2D eigenvalue weighted by Gasteiger charge is -2.22. The van der Waals surface area contributed by atoms with E-state index in [2.05, 4.69) is 21.8 Å². The molecule has 0 aliphatic heterocycles. The third-order valence-electron chi connectivity index (χ3n) is 2.80. The van der Waals surface area contributed by atoms with Crippen molar-refractivity contribution in [1.82, 2.24) is 9.97 Å². The van der Waals surface area contributed by atoms with Crippen LogP contribution in [-0.2, 0) is 0 Å². The molecule has 1 heterocycles. The largest absolute Gasteiger partial charge is 0.354 e. The fraction of sp³-hybridized carbons (Fsp3) is 0.385. The molecular formula is C13H18N4. The Kier molecular flexibility index (Phi) is 3.54. The van der Waals surface area contributed by atoms with Crippen LogP contribution in [0.4, 0.5) is 5.82 Å². The van der Waals surface area contributed by atoms with Crippen molar-refractivity contribution < 1.29 is 0 Å². The summed E-state index contributed by atoms with van der Waals surface area (Å²) in [5.74, 6) is 0.941. The van der Waals surface area contributed by atoms with E-state index >= 15 is 0 Å². The van der Waals surface area contributed by atoms with Crippen molar-refractivity contribution in [3.8, 4) is 0 Å². The number of likely N-dealkylation sites (N-methyl/N-ethyl adjacent to an activating group) is 1. The molecule has 4 nitrogen and oxygen atoms in total. The second-order valence-electron chi connectivity index (χ2n) is 3.99. The Labute approximate surface area is 101 Å². The summed E-state index contributed by atoms with van der Waals surface area (Å²) < 4.78 is 0. The van der Waals surface area contributed by atoms with E-state index in [1.54, 1.807) is 0 Å². The molecule has 2 aromatic rings. The van der Waals surface area contributed by atoms with Gasteiger partial charge in [-0.1, -0.05) is 12.1 Å². The first kappa shape index (κ1) is 11.8. The standard InChI is InChI=1S/C13H18N4/c1-3-17(9-8-14)13-10(2)15-11-6-4-5-7-12(11)16-13/h4-7H,3,8-9,14H2,1-2H3. The van der Waals surface area contributed by atoms with Crippen LogP contribution in [0.25, 0.3) is 11.0 Å². The number of hydrogen-bond acceptors (Lipinski definition) is 4. The Morgan fingerprint density at radius 1 is 1.18 bits per heavy atom. The van der Waals surface area contributed by atoms with Crippen molar-refractivity contribution in [2.24, 2.45) is 5.73 Å². The molecule has 0 atom stereocenters. The maximum atomic E-state index is 5.62. The average Bonchev–Trinajstić information content (AvgIpc) is 2.35.